The van der Waals surface area contributed by atoms with E-state index >= 15 is 0 Å². The first-order chi connectivity index (χ1) is 14.7. The Morgan fingerprint density at radius 1 is 0.935 bits per heavy atom. The van der Waals surface area contributed by atoms with Gasteiger partial charge in [-0.3, -0.25) is 14.9 Å². The largest absolute Gasteiger partial charge is 1.00 e. The molecule has 1 N–H and O–H groups in total. The second-order valence-electron chi connectivity index (χ2n) is 6.97. The Morgan fingerprint density at radius 3 is 2.48 bits per heavy atom. The molecule has 0 saturated carbocycles. The van der Waals surface area contributed by atoms with Crippen molar-refractivity contribution in [1.29, 1.82) is 0 Å². The maximum absolute atomic E-state index is 11.7. The number of carbonyl (C=O) groups excluding carboxylic acids is 2. The Morgan fingerprint density at radius 2 is 1.71 bits per heavy atom. The maximum atomic E-state index is 11.7. The first-order valence-corrected chi connectivity index (χ1v) is 11.2. The summed E-state index contributed by atoms with van der Waals surface area (Å²) in [6.45, 7) is 0.421. The summed E-state index contributed by atoms with van der Waals surface area (Å²) in [7, 11) is 0. The molecule has 2 aliphatic heterocycles. The Kier molecular flexibility index (Phi) is 6.68. The molecule has 0 spiro atoms. The third kappa shape index (κ3) is 4.80. The molecule has 0 bridgehead atoms. The minimum Gasteiger partial charge on any atom is -0.656 e. The van der Waals surface area contributed by atoms with Crippen LogP contribution >= 0.6 is 23.5 Å². The zero-order valence-corrected chi connectivity index (χ0v) is 18.5. The molecule has 5 rings (SSSR count). The summed E-state index contributed by atoms with van der Waals surface area (Å²) in [5, 5.41) is 6.52. The molecule has 3 aromatic rings. The van der Waals surface area contributed by atoms with Crippen molar-refractivity contribution in [3.05, 3.63) is 83.2 Å². The van der Waals surface area contributed by atoms with Gasteiger partial charge < -0.3 is 10.1 Å². The van der Waals surface area contributed by atoms with Crippen molar-refractivity contribution >= 4 is 46.0 Å². The van der Waals surface area contributed by atoms with Crippen molar-refractivity contribution in [3.8, 4) is 5.75 Å². The molecule has 1 saturated heterocycles. The predicted molar refractivity (Wildman–Crippen MR) is 119 cm³/mol. The number of hydrogen-bond donors (Lipinski definition) is 1. The predicted octanol–water partition coefficient (Wildman–Crippen LogP) is 2.97. The van der Waals surface area contributed by atoms with Crippen LogP contribution in [0.15, 0.2) is 76.5 Å². The quantitative estimate of drug-likeness (QED) is 0.484. The molecule has 1 atom stereocenters. The van der Waals surface area contributed by atoms with Crippen molar-refractivity contribution in [3.63, 3.8) is 0 Å². The Balaban J connectivity index is 0.00000231. The molecular weight excluding hydrogens is 423 g/mol. The molecule has 150 valence electrons. The Labute approximate surface area is 200 Å². The number of carbonyl (C=O) groups is 2. The summed E-state index contributed by atoms with van der Waals surface area (Å²) in [5.41, 5.74) is 3.98. The zero-order valence-electron chi connectivity index (χ0n) is 16.8. The van der Waals surface area contributed by atoms with Gasteiger partial charge in [-0.1, -0.05) is 66.0 Å². The zero-order chi connectivity index (χ0) is 20.5. The summed E-state index contributed by atoms with van der Waals surface area (Å²) in [6, 6.07) is 21.9. The van der Waals surface area contributed by atoms with Crippen LogP contribution in [0.4, 0.5) is 16.2 Å². The number of imide groups is 1. The van der Waals surface area contributed by atoms with E-state index in [2.05, 4.69) is 17.4 Å². The third-order valence-electron chi connectivity index (χ3n) is 4.91. The van der Waals surface area contributed by atoms with E-state index in [0.29, 0.717) is 13.0 Å². The molecule has 0 radical (unpaired) electrons. The Bertz CT molecular complexity index is 1140. The van der Waals surface area contributed by atoms with Gasteiger partial charge in [-0.25, -0.2) is 0 Å². The number of thioether (sulfide) groups is 1. The second-order valence-corrected chi connectivity index (χ2v) is 9.22. The van der Waals surface area contributed by atoms with Gasteiger partial charge in [-0.2, -0.15) is 0 Å². The first-order valence-electron chi connectivity index (χ1n) is 9.49. The molecule has 2 heterocycles. The molecule has 1 fully saturated rings. The van der Waals surface area contributed by atoms with Crippen molar-refractivity contribution in [2.24, 2.45) is 0 Å². The van der Waals surface area contributed by atoms with E-state index in [1.165, 1.54) is 0 Å². The van der Waals surface area contributed by atoms with Crippen LogP contribution in [-0.4, -0.2) is 16.4 Å². The number of fused-ring (bicyclic) bond motifs is 2. The van der Waals surface area contributed by atoms with Gasteiger partial charge in [0.15, 0.2) is 0 Å². The average Bonchev–Trinajstić information content (AvgIpc) is 3.08. The number of nitrogens with one attached hydrogen (secondary N) is 1. The van der Waals surface area contributed by atoms with Crippen molar-refractivity contribution in [1.82, 2.24) is 5.32 Å². The van der Waals surface area contributed by atoms with Crippen LogP contribution in [0.25, 0.3) is 5.32 Å². The molecule has 2 aliphatic rings. The third-order valence-corrected chi connectivity index (χ3v) is 7.00. The molecule has 3 aromatic carbocycles. The molecule has 0 aliphatic carbocycles. The minimum absolute atomic E-state index is 0. The fraction of sp³-hybridized carbons (Fsp3) is 0.130. The summed E-state index contributed by atoms with van der Waals surface area (Å²) >= 11 is 2.77. The van der Waals surface area contributed by atoms with Crippen molar-refractivity contribution in [2.75, 3.05) is 0 Å². The van der Waals surface area contributed by atoms with Gasteiger partial charge in [0.05, 0.1) is 5.25 Å². The molecule has 8 heteroatoms. The monoisotopic (exact) mass is 440 g/mol. The first kappa shape index (κ1) is 21.9. The van der Waals surface area contributed by atoms with Crippen LogP contribution in [0, 0.1) is 0 Å². The van der Waals surface area contributed by atoms with Crippen LogP contribution in [0.1, 0.15) is 11.1 Å². The van der Waals surface area contributed by atoms with E-state index in [1.54, 1.807) is 11.8 Å². The van der Waals surface area contributed by atoms with Gasteiger partial charge in [-0.05, 0) is 51.6 Å². The average molecular weight is 440 g/mol. The smallest absolute Gasteiger partial charge is 0.656 e. The Hall–Kier alpha value is -2.30. The number of ether oxygens (including phenoxy) is 1. The molecule has 2 amide bonds. The van der Waals surface area contributed by atoms with E-state index < -0.39 is 0 Å². The fourth-order valence-electron chi connectivity index (χ4n) is 3.39. The van der Waals surface area contributed by atoms with E-state index in [9.17, 15) is 9.59 Å². The number of hydrogen-bond acceptors (Lipinski definition) is 5. The van der Waals surface area contributed by atoms with E-state index in [4.69, 9.17) is 10.1 Å². The minimum atomic E-state index is -0.359. The van der Waals surface area contributed by atoms with E-state index in [1.807, 2.05) is 54.6 Å². The fourth-order valence-corrected chi connectivity index (χ4v) is 5.27. The van der Waals surface area contributed by atoms with Gasteiger partial charge in [0.1, 0.15) is 12.4 Å². The maximum Gasteiger partial charge on any atom is 1.00 e. The normalized spacial score (nSPS) is 16.5. The summed E-state index contributed by atoms with van der Waals surface area (Å²) in [4.78, 5) is 25.3. The molecule has 31 heavy (non-hydrogen) atoms. The van der Waals surface area contributed by atoms with Crippen LogP contribution in [0.5, 0.6) is 5.75 Å². The number of benzene rings is 3. The SMILES string of the molecule is O=C1NC(=O)C(Cc2ccc(OCc3cccc4c3[N-]c3ccccc3S4)cc2)S1.[Li+]. The number of nitrogens with zero attached hydrogens (tertiary/aromatic N) is 1. The molecule has 1 unspecified atom stereocenters. The number of para-hydroxylation sites is 2. The van der Waals surface area contributed by atoms with Crippen molar-refractivity contribution in [2.45, 2.75) is 28.1 Å². The van der Waals surface area contributed by atoms with Gasteiger partial charge in [0.25, 0.3) is 5.24 Å². The summed E-state index contributed by atoms with van der Waals surface area (Å²) in [5.74, 6) is 0.530. The molecule has 5 nitrogen and oxygen atoms in total. The van der Waals surface area contributed by atoms with Crippen LogP contribution < -0.4 is 28.9 Å². The van der Waals surface area contributed by atoms with E-state index in [-0.39, 0.29) is 35.3 Å². The van der Waals surface area contributed by atoms with Gasteiger partial charge >= 0.3 is 18.9 Å². The summed E-state index contributed by atoms with van der Waals surface area (Å²) in [6.07, 6.45) is 0.518. The van der Waals surface area contributed by atoms with Gasteiger partial charge in [-0.15, -0.1) is 11.4 Å². The van der Waals surface area contributed by atoms with Gasteiger partial charge in [0, 0.05) is 0 Å². The van der Waals surface area contributed by atoms with Crippen molar-refractivity contribution < 1.29 is 33.2 Å². The van der Waals surface area contributed by atoms with Gasteiger partial charge in [0.2, 0.25) is 5.91 Å². The van der Waals surface area contributed by atoms with Crippen LogP contribution in [-0.2, 0) is 17.8 Å². The number of amides is 2. The standard InChI is InChI=1S/C23H17N2O3S2.Li/c26-22-20(30-23(27)25-22)12-14-8-10-16(11-9-14)28-13-15-4-3-7-19-21(15)24-17-5-1-2-6-18(17)29-19;/h1-11,20H,12-13H2,(H,25,26,27);/q-1;+1. The van der Waals surface area contributed by atoms with Crippen LogP contribution in [0.3, 0.4) is 0 Å². The molecule has 0 aromatic heterocycles. The topological polar surface area (TPSA) is 69.5 Å². The summed E-state index contributed by atoms with van der Waals surface area (Å²) < 4.78 is 6.00. The van der Waals surface area contributed by atoms with E-state index in [0.717, 1.165) is 49.8 Å². The van der Waals surface area contributed by atoms with Crippen LogP contribution in [0.2, 0.25) is 0 Å². The molecular formula is C23H17LiN2O3S2. The number of rotatable bonds is 5. The second kappa shape index (κ2) is 9.45.